The van der Waals surface area contributed by atoms with Crippen LogP contribution in [-0.4, -0.2) is 38.1 Å². The van der Waals surface area contributed by atoms with E-state index in [4.69, 9.17) is 22.1 Å². The number of hydrogen-bond acceptors (Lipinski definition) is 5. The van der Waals surface area contributed by atoms with Gasteiger partial charge >= 0.3 is 0 Å². The van der Waals surface area contributed by atoms with E-state index in [9.17, 15) is 4.79 Å². The molecular weight excluding hydrogens is 498 g/mol. The molecule has 5 nitrogen and oxygen atoms in total. The molecule has 0 saturated carbocycles. The number of aromatic nitrogens is 2. The summed E-state index contributed by atoms with van der Waals surface area (Å²) in [6, 6.07) is 16.1. The molecule has 194 valence electrons. The number of benzene rings is 2. The van der Waals surface area contributed by atoms with Gasteiger partial charge < -0.3 is 4.74 Å². The highest BCUT2D eigenvalue weighted by Gasteiger charge is 2.32. The Hall–Kier alpha value is -2.90. The zero-order valence-corrected chi connectivity index (χ0v) is 23.7. The van der Waals surface area contributed by atoms with Gasteiger partial charge in [0.05, 0.1) is 17.2 Å². The predicted molar refractivity (Wildman–Crippen MR) is 158 cm³/mol. The lowest BCUT2D eigenvalue weighted by atomic mass is 10.0. The van der Waals surface area contributed by atoms with Crippen molar-refractivity contribution < 1.29 is 9.53 Å². The molecule has 0 atom stereocenters. The van der Waals surface area contributed by atoms with Crippen LogP contribution < -0.4 is 4.74 Å². The number of thiocarbonyl (C=S) groups is 1. The van der Waals surface area contributed by atoms with Gasteiger partial charge in [-0.15, -0.1) is 0 Å². The van der Waals surface area contributed by atoms with Crippen LogP contribution in [0.3, 0.4) is 0 Å². The summed E-state index contributed by atoms with van der Waals surface area (Å²) in [5.41, 5.74) is 4.74. The molecular formula is C30H35N3O2S2. The summed E-state index contributed by atoms with van der Waals surface area (Å²) in [6.07, 6.45) is 8.34. The average molecular weight is 534 g/mol. The van der Waals surface area contributed by atoms with Crippen LogP contribution >= 0.6 is 24.0 Å². The van der Waals surface area contributed by atoms with E-state index in [0.717, 1.165) is 53.1 Å². The predicted octanol–water partition coefficient (Wildman–Crippen LogP) is 7.66. The summed E-state index contributed by atoms with van der Waals surface area (Å²) in [6.45, 7) is 9.87. The van der Waals surface area contributed by atoms with Crippen LogP contribution in [0.1, 0.15) is 57.6 Å². The molecule has 7 heteroatoms. The molecule has 3 aromatic rings. The molecule has 1 amide bonds. The zero-order valence-electron chi connectivity index (χ0n) is 22.1. The standard InChI is InChI=1S/C30H35N3O2S2/c1-5-6-7-11-16-32-29(34)27(37-30(32)36)18-23-19-33(24-12-9-8-10-13-24)31-28(23)26-15-14-25(17-22(26)4)35-20-21(2)3/h8-10,12-15,17-19,21H,5-7,11,16,20H2,1-4H3. The van der Waals surface area contributed by atoms with Gasteiger partial charge in [-0.25, -0.2) is 4.68 Å². The number of carbonyl (C=O) groups excluding carboxylic acids is 1. The Morgan fingerprint density at radius 3 is 2.59 bits per heavy atom. The fourth-order valence-corrected chi connectivity index (χ4v) is 5.50. The largest absolute Gasteiger partial charge is 0.493 e. The van der Waals surface area contributed by atoms with Gasteiger partial charge in [0, 0.05) is 23.9 Å². The number of ether oxygens (including phenoxy) is 1. The van der Waals surface area contributed by atoms with Crippen LogP contribution in [0.2, 0.25) is 0 Å². The highest BCUT2D eigenvalue weighted by molar-refractivity contribution is 8.26. The molecule has 1 aliphatic heterocycles. The van der Waals surface area contributed by atoms with Gasteiger partial charge in [0.2, 0.25) is 0 Å². The smallest absolute Gasteiger partial charge is 0.266 e. The van der Waals surface area contributed by atoms with E-state index in [1.165, 1.54) is 18.2 Å². The Kier molecular flexibility index (Phi) is 9.22. The lowest BCUT2D eigenvalue weighted by molar-refractivity contribution is -0.122. The Balaban J connectivity index is 1.68. The minimum absolute atomic E-state index is 0.0148. The first kappa shape index (κ1) is 27.1. The van der Waals surface area contributed by atoms with E-state index in [2.05, 4.69) is 39.8 Å². The lowest BCUT2D eigenvalue weighted by Gasteiger charge is -2.13. The van der Waals surface area contributed by atoms with Gasteiger partial charge in [0.25, 0.3) is 5.91 Å². The van der Waals surface area contributed by atoms with Gasteiger partial charge in [-0.3, -0.25) is 9.69 Å². The van der Waals surface area contributed by atoms with Crippen molar-refractivity contribution in [2.45, 2.75) is 53.4 Å². The molecule has 1 aliphatic rings. The molecule has 2 heterocycles. The minimum Gasteiger partial charge on any atom is -0.493 e. The van der Waals surface area contributed by atoms with Crippen LogP contribution in [0.4, 0.5) is 0 Å². The summed E-state index contributed by atoms with van der Waals surface area (Å²) in [5.74, 6) is 1.29. The van der Waals surface area contributed by atoms with Gasteiger partial charge in [-0.2, -0.15) is 5.10 Å². The van der Waals surface area contributed by atoms with Crippen LogP contribution in [-0.2, 0) is 4.79 Å². The molecule has 2 aromatic carbocycles. The van der Waals surface area contributed by atoms with Gasteiger partial charge in [-0.1, -0.05) is 82.2 Å². The third-order valence-corrected chi connectivity index (χ3v) is 7.57. The molecule has 0 unspecified atom stereocenters. The van der Waals surface area contributed by atoms with Crippen molar-refractivity contribution in [1.82, 2.24) is 14.7 Å². The molecule has 0 radical (unpaired) electrons. The molecule has 1 aromatic heterocycles. The van der Waals surface area contributed by atoms with Crippen LogP contribution in [0.15, 0.2) is 59.6 Å². The van der Waals surface area contributed by atoms with Crippen molar-refractivity contribution in [3.05, 3.63) is 70.8 Å². The molecule has 37 heavy (non-hydrogen) atoms. The first-order valence-electron chi connectivity index (χ1n) is 13.0. The summed E-state index contributed by atoms with van der Waals surface area (Å²) in [7, 11) is 0. The average Bonchev–Trinajstić information content (AvgIpc) is 3.41. The molecule has 0 N–H and O–H groups in total. The topological polar surface area (TPSA) is 47.4 Å². The number of nitrogens with zero attached hydrogens (tertiary/aromatic N) is 3. The van der Waals surface area contributed by atoms with Crippen molar-refractivity contribution in [3.63, 3.8) is 0 Å². The second-order valence-corrected chi connectivity index (χ2v) is 11.5. The quantitative estimate of drug-likeness (QED) is 0.144. The van der Waals surface area contributed by atoms with Gasteiger partial charge in [0.15, 0.2) is 0 Å². The van der Waals surface area contributed by atoms with Crippen LogP contribution in [0.25, 0.3) is 23.0 Å². The van der Waals surface area contributed by atoms with Crippen molar-refractivity contribution in [2.75, 3.05) is 13.2 Å². The molecule has 1 fully saturated rings. The molecule has 0 spiro atoms. The zero-order chi connectivity index (χ0) is 26.4. The first-order valence-corrected chi connectivity index (χ1v) is 14.2. The highest BCUT2D eigenvalue weighted by atomic mass is 32.2. The van der Waals surface area contributed by atoms with Crippen molar-refractivity contribution >= 4 is 40.3 Å². The molecule has 0 aliphatic carbocycles. The first-order chi connectivity index (χ1) is 17.9. The fourth-order valence-electron chi connectivity index (χ4n) is 4.20. The summed E-state index contributed by atoms with van der Waals surface area (Å²) in [4.78, 5) is 15.6. The maximum absolute atomic E-state index is 13.3. The minimum atomic E-state index is -0.0148. The monoisotopic (exact) mass is 533 g/mol. The Morgan fingerprint density at radius 1 is 1.11 bits per heavy atom. The van der Waals surface area contributed by atoms with Crippen LogP contribution in [0.5, 0.6) is 5.75 Å². The Morgan fingerprint density at radius 2 is 1.89 bits per heavy atom. The third-order valence-electron chi connectivity index (χ3n) is 6.20. The van der Waals surface area contributed by atoms with Crippen molar-refractivity contribution in [2.24, 2.45) is 5.92 Å². The number of rotatable bonds is 11. The Bertz CT molecular complexity index is 1280. The second kappa shape index (κ2) is 12.6. The normalized spacial score (nSPS) is 14.8. The van der Waals surface area contributed by atoms with Gasteiger partial charge in [-0.05, 0) is 61.2 Å². The number of hydrogen-bond donors (Lipinski definition) is 0. The van der Waals surface area contributed by atoms with E-state index in [1.807, 2.05) is 53.4 Å². The second-order valence-electron chi connectivity index (χ2n) is 9.79. The number of aryl methyl sites for hydroxylation is 1. The third kappa shape index (κ3) is 6.70. The molecule has 4 rings (SSSR count). The highest BCUT2D eigenvalue weighted by Crippen LogP contribution is 2.36. The number of carbonyl (C=O) groups is 1. The number of amides is 1. The maximum atomic E-state index is 13.3. The number of para-hydroxylation sites is 1. The van der Waals surface area contributed by atoms with Crippen LogP contribution in [0, 0.1) is 12.8 Å². The molecule has 0 bridgehead atoms. The summed E-state index contributed by atoms with van der Waals surface area (Å²) in [5, 5.41) is 4.95. The molecule has 1 saturated heterocycles. The lowest BCUT2D eigenvalue weighted by Crippen LogP contribution is -2.29. The van der Waals surface area contributed by atoms with E-state index >= 15 is 0 Å². The van der Waals surface area contributed by atoms with E-state index in [0.29, 0.717) is 28.3 Å². The van der Waals surface area contributed by atoms with E-state index < -0.39 is 0 Å². The Labute approximate surface area is 229 Å². The fraction of sp³-hybridized carbons (Fsp3) is 0.367. The van der Waals surface area contributed by atoms with E-state index in [-0.39, 0.29) is 5.91 Å². The number of thioether (sulfide) groups is 1. The summed E-state index contributed by atoms with van der Waals surface area (Å²) < 4.78 is 8.43. The number of unbranched alkanes of at least 4 members (excludes halogenated alkanes) is 3. The van der Waals surface area contributed by atoms with Gasteiger partial charge in [0.1, 0.15) is 15.8 Å². The van der Waals surface area contributed by atoms with E-state index in [1.54, 1.807) is 4.90 Å². The van der Waals surface area contributed by atoms with Crippen molar-refractivity contribution in [1.29, 1.82) is 0 Å². The van der Waals surface area contributed by atoms with Crippen molar-refractivity contribution in [3.8, 4) is 22.7 Å². The summed E-state index contributed by atoms with van der Waals surface area (Å²) >= 11 is 6.94. The maximum Gasteiger partial charge on any atom is 0.266 e. The SMILES string of the molecule is CCCCCCN1C(=O)C(=Cc2cn(-c3ccccc3)nc2-c2ccc(OCC(C)C)cc2C)SC1=S.